The number of aromatic nitrogens is 2. The lowest BCUT2D eigenvalue weighted by Crippen LogP contribution is -2.45. The third-order valence-electron chi connectivity index (χ3n) is 4.22. The molecule has 0 saturated carbocycles. The Labute approximate surface area is 135 Å². The molecular weight excluding hydrogens is 306 g/mol. The summed E-state index contributed by atoms with van der Waals surface area (Å²) < 4.78 is 1.63. The molecule has 6 nitrogen and oxygen atoms in total. The zero-order chi connectivity index (χ0) is 16.3. The number of hydrogen-bond donors (Lipinski definition) is 1. The molecule has 1 atom stereocenters. The third kappa shape index (κ3) is 3.80. The molecule has 0 unspecified atom stereocenters. The highest BCUT2D eigenvalue weighted by Gasteiger charge is 2.27. The minimum absolute atomic E-state index is 0.0163. The highest BCUT2D eigenvalue weighted by Crippen LogP contribution is 2.23. The molecule has 1 aliphatic rings. The van der Waals surface area contributed by atoms with E-state index in [1.165, 1.54) is 0 Å². The standard InChI is InChI=1S/C15H22ClN3O3/c1-10-15(16)11(2)19(17-10)9-13(20)18-8-4-3-5-12(18)6-7-14(21)22/h12H,3-9H2,1-2H3,(H,21,22)/t12-/m1/s1. The zero-order valence-corrected chi connectivity index (χ0v) is 13.8. The third-order valence-corrected chi connectivity index (χ3v) is 4.76. The van der Waals surface area contributed by atoms with E-state index in [9.17, 15) is 9.59 Å². The zero-order valence-electron chi connectivity index (χ0n) is 13.0. The summed E-state index contributed by atoms with van der Waals surface area (Å²) in [5.74, 6) is -0.833. The number of aliphatic carboxylic acids is 1. The van der Waals surface area contributed by atoms with Crippen LogP contribution in [0.4, 0.5) is 0 Å². The van der Waals surface area contributed by atoms with Crippen LogP contribution in [-0.2, 0) is 16.1 Å². The van der Waals surface area contributed by atoms with Crippen LogP contribution in [0.1, 0.15) is 43.5 Å². The first-order valence-electron chi connectivity index (χ1n) is 7.61. The number of piperidine rings is 1. The molecule has 0 aromatic carbocycles. The van der Waals surface area contributed by atoms with Crippen molar-refractivity contribution in [3.63, 3.8) is 0 Å². The van der Waals surface area contributed by atoms with Gasteiger partial charge in [-0.05, 0) is 39.5 Å². The summed E-state index contributed by atoms with van der Waals surface area (Å²) in [7, 11) is 0. The van der Waals surface area contributed by atoms with E-state index in [0.29, 0.717) is 23.7 Å². The average molecular weight is 328 g/mol. The Morgan fingerprint density at radius 2 is 2.09 bits per heavy atom. The van der Waals surface area contributed by atoms with Crippen LogP contribution >= 0.6 is 11.6 Å². The SMILES string of the molecule is Cc1nn(CC(=O)N2CCCC[C@@H]2CCC(=O)O)c(C)c1Cl. The van der Waals surface area contributed by atoms with Crippen molar-refractivity contribution < 1.29 is 14.7 Å². The highest BCUT2D eigenvalue weighted by molar-refractivity contribution is 6.31. The quantitative estimate of drug-likeness (QED) is 0.901. The normalized spacial score (nSPS) is 18.5. The van der Waals surface area contributed by atoms with Gasteiger partial charge in [-0.3, -0.25) is 14.3 Å². The number of rotatable bonds is 5. The molecule has 0 bridgehead atoms. The van der Waals surface area contributed by atoms with Crippen LogP contribution < -0.4 is 0 Å². The predicted molar refractivity (Wildman–Crippen MR) is 82.9 cm³/mol. The fourth-order valence-corrected chi connectivity index (χ4v) is 3.10. The summed E-state index contributed by atoms with van der Waals surface area (Å²) in [6.45, 7) is 4.50. The number of halogens is 1. The molecule has 1 aromatic rings. The number of carbonyl (C=O) groups is 2. The Morgan fingerprint density at radius 1 is 1.36 bits per heavy atom. The van der Waals surface area contributed by atoms with E-state index in [0.717, 1.165) is 25.0 Å². The van der Waals surface area contributed by atoms with Crippen LogP contribution in [0.15, 0.2) is 0 Å². The van der Waals surface area contributed by atoms with E-state index in [2.05, 4.69) is 5.10 Å². The van der Waals surface area contributed by atoms with Crippen molar-refractivity contribution >= 4 is 23.5 Å². The van der Waals surface area contributed by atoms with Crippen molar-refractivity contribution in [2.24, 2.45) is 0 Å². The van der Waals surface area contributed by atoms with Crippen molar-refractivity contribution in [3.05, 3.63) is 16.4 Å². The Kier molecular flexibility index (Phi) is 5.45. The summed E-state index contributed by atoms with van der Waals surface area (Å²) in [6, 6.07) is 0.0183. The number of hydrogen-bond acceptors (Lipinski definition) is 3. The molecule has 1 saturated heterocycles. The van der Waals surface area contributed by atoms with E-state index in [4.69, 9.17) is 16.7 Å². The minimum Gasteiger partial charge on any atom is -0.481 e. The molecule has 0 spiro atoms. The van der Waals surface area contributed by atoms with E-state index in [1.54, 1.807) is 4.68 Å². The molecule has 1 N–H and O–H groups in total. The van der Waals surface area contributed by atoms with Gasteiger partial charge in [0.1, 0.15) is 6.54 Å². The summed E-state index contributed by atoms with van der Waals surface area (Å²) in [5.41, 5.74) is 1.50. The Morgan fingerprint density at radius 3 is 2.68 bits per heavy atom. The maximum absolute atomic E-state index is 12.6. The molecule has 22 heavy (non-hydrogen) atoms. The Balaban J connectivity index is 2.05. The molecule has 1 aromatic heterocycles. The molecule has 2 heterocycles. The minimum atomic E-state index is -0.816. The molecule has 1 aliphatic heterocycles. The molecule has 1 amide bonds. The van der Waals surface area contributed by atoms with Crippen molar-refractivity contribution in [1.82, 2.24) is 14.7 Å². The van der Waals surface area contributed by atoms with Gasteiger partial charge in [0.25, 0.3) is 0 Å². The second-order valence-corrected chi connectivity index (χ2v) is 6.19. The first kappa shape index (κ1) is 16.8. The van der Waals surface area contributed by atoms with E-state index < -0.39 is 5.97 Å². The molecule has 0 aliphatic carbocycles. The van der Waals surface area contributed by atoms with Gasteiger partial charge in [0.2, 0.25) is 5.91 Å². The first-order chi connectivity index (χ1) is 10.4. The van der Waals surface area contributed by atoms with Crippen molar-refractivity contribution in [3.8, 4) is 0 Å². The number of aryl methyl sites for hydroxylation is 1. The average Bonchev–Trinajstić information content (AvgIpc) is 2.72. The second-order valence-electron chi connectivity index (χ2n) is 5.81. The number of carbonyl (C=O) groups excluding carboxylic acids is 1. The molecule has 1 fully saturated rings. The Bertz CT molecular complexity index is 571. The maximum atomic E-state index is 12.6. The van der Waals surface area contributed by atoms with Gasteiger partial charge in [-0.1, -0.05) is 11.6 Å². The van der Waals surface area contributed by atoms with Gasteiger partial charge in [-0.25, -0.2) is 0 Å². The lowest BCUT2D eigenvalue weighted by Gasteiger charge is -2.35. The van der Waals surface area contributed by atoms with Crippen LogP contribution in [0.25, 0.3) is 0 Å². The summed E-state index contributed by atoms with van der Waals surface area (Å²) in [6.07, 6.45) is 3.49. The van der Waals surface area contributed by atoms with Crippen molar-refractivity contribution in [2.75, 3.05) is 6.54 Å². The van der Waals surface area contributed by atoms with E-state index in [1.807, 2.05) is 18.7 Å². The van der Waals surface area contributed by atoms with Crippen LogP contribution in [0.3, 0.4) is 0 Å². The van der Waals surface area contributed by atoms with Crippen LogP contribution in [0.2, 0.25) is 5.02 Å². The van der Waals surface area contributed by atoms with Gasteiger partial charge in [-0.15, -0.1) is 0 Å². The fraction of sp³-hybridized carbons (Fsp3) is 0.667. The van der Waals surface area contributed by atoms with Gasteiger partial charge >= 0.3 is 5.97 Å². The number of nitrogens with zero attached hydrogens (tertiary/aromatic N) is 3. The fourth-order valence-electron chi connectivity index (χ4n) is 2.97. The summed E-state index contributed by atoms with van der Waals surface area (Å²) >= 11 is 6.11. The van der Waals surface area contributed by atoms with Crippen LogP contribution in [0, 0.1) is 13.8 Å². The lowest BCUT2D eigenvalue weighted by atomic mass is 9.98. The first-order valence-corrected chi connectivity index (χ1v) is 7.98. The lowest BCUT2D eigenvalue weighted by molar-refractivity contribution is -0.140. The van der Waals surface area contributed by atoms with Gasteiger partial charge < -0.3 is 10.0 Å². The monoisotopic (exact) mass is 327 g/mol. The van der Waals surface area contributed by atoms with Gasteiger partial charge in [0.05, 0.1) is 16.4 Å². The molecule has 0 radical (unpaired) electrons. The van der Waals surface area contributed by atoms with Gasteiger partial charge in [0.15, 0.2) is 0 Å². The maximum Gasteiger partial charge on any atom is 0.303 e. The van der Waals surface area contributed by atoms with Crippen LogP contribution in [0.5, 0.6) is 0 Å². The number of amides is 1. The number of carboxylic acids is 1. The smallest absolute Gasteiger partial charge is 0.303 e. The van der Waals surface area contributed by atoms with Crippen molar-refractivity contribution in [2.45, 2.75) is 58.5 Å². The van der Waals surface area contributed by atoms with Crippen LogP contribution in [-0.4, -0.2) is 44.3 Å². The summed E-state index contributed by atoms with van der Waals surface area (Å²) in [4.78, 5) is 25.1. The van der Waals surface area contributed by atoms with E-state index >= 15 is 0 Å². The molecule has 122 valence electrons. The largest absolute Gasteiger partial charge is 0.481 e. The molecule has 2 rings (SSSR count). The summed E-state index contributed by atoms with van der Waals surface area (Å²) in [5, 5.41) is 13.7. The Hall–Kier alpha value is -1.56. The van der Waals surface area contributed by atoms with Gasteiger partial charge in [0, 0.05) is 19.0 Å². The topological polar surface area (TPSA) is 75.4 Å². The van der Waals surface area contributed by atoms with Gasteiger partial charge in [-0.2, -0.15) is 5.10 Å². The molecule has 7 heteroatoms. The van der Waals surface area contributed by atoms with Crippen molar-refractivity contribution in [1.29, 1.82) is 0 Å². The number of likely N-dealkylation sites (tertiary alicyclic amines) is 1. The number of carboxylic acid groups (broad SMARTS) is 1. The second kappa shape index (κ2) is 7.13. The highest BCUT2D eigenvalue weighted by atomic mass is 35.5. The van der Waals surface area contributed by atoms with E-state index in [-0.39, 0.29) is 24.9 Å². The molecular formula is C15H22ClN3O3. The predicted octanol–water partition coefficient (Wildman–Crippen LogP) is 2.40.